The highest BCUT2D eigenvalue weighted by Gasteiger charge is 2.34. The zero-order valence-electron chi connectivity index (χ0n) is 16.7. The fourth-order valence-corrected chi connectivity index (χ4v) is 4.41. The van der Waals surface area contributed by atoms with E-state index in [-0.39, 0.29) is 36.1 Å². The summed E-state index contributed by atoms with van der Waals surface area (Å²) in [6, 6.07) is 3.54. The number of hydrogen-bond acceptors (Lipinski definition) is 11. The van der Waals surface area contributed by atoms with Gasteiger partial charge < -0.3 is 20.9 Å². The predicted molar refractivity (Wildman–Crippen MR) is 113 cm³/mol. The number of nitrogen functional groups attached to an aromatic ring is 2. The molecule has 0 fully saturated rings. The molecule has 0 spiro atoms. The van der Waals surface area contributed by atoms with Gasteiger partial charge in [0, 0.05) is 28.8 Å². The van der Waals surface area contributed by atoms with Crippen molar-refractivity contribution >= 4 is 39.9 Å². The number of benzene rings is 2. The van der Waals surface area contributed by atoms with Crippen molar-refractivity contribution in [2.45, 2.75) is 23.6 Å². The van der Waals surface area contributed by atoms with Gasteiger partial charge in [-0.05, 0) is 13.8 Å². The summed E-state index contributed by atoms with van der Waals surface area (Å²) < 4.78 is 98.2. The molecule has 16 heteroatoms. The van der Waals surface area contributed by atoms with Crippen LogP contribution in [0.25, 0.3) is 0 Å². The summed E-state index contributed by atoms with van der Waals surface area (Å²) in [5, 5.41) is 0. The van der Waals surface area contributed by atoms with Gasteiger partial charge in [0.2, 0.25) is 11.5 Å². The second kappa shape index (κ2) is 9.75. The quantitative estimate of drug-likeness (QED) is 0.205. The number of rotatable bonds is 10. The van der Waals surface area contributed by atoms with Crippen LogP contribution in [0.5, 0.6) is 23.0 Å². The Balaban J connectivity index is 2.45. The normalized spacial score (nSPS) is 11.6. The Hall–Kier alpha value is -2.84. The molecule has 0 bridgehead atoms. The SMILES string of the molecule is CCOc1cc(S(=O)(=O)O)c(O[P+](=O)Oc2cc(N)c(OCC)cc2S(=O)(=O)O)cc1N. The van der Waals surface area contributed by atoms with Crippen molar-refractivity contribution in [2.24, 2.45) is 0 Å². The first-order valence-electron chi connectivity index (χ1n) is 8.68. The maximum absolute atomic E-state index is 12.4. The summed E-state index contributed by atoms with van der Waals surface area (Å²) in [5.74, 6) is -1.50. The van der Waals surface area contributed by atoms with Crippen LogP contribution < -0.4 is 30.0 Å². The average Bonchev–Trinajstić information content (AvgIpc) is 2.64. The number of anilines is 2. The first-order valence-corrected chi connectivity index (χ1v) is 12.7. The van der Waals surface area contributed by atoms with Crippen LogP contribution in [-0.2, 0) is 24.8 Å². The molecule has 0 aromatic heterocycles. The molecule has 0 aliphatic heterocycles. The maximum atomic E-state index is 12.4. The summed E-state index contributed by atoms with van der Waals surface area (Å²) in [7, 11) is -13.1. The van der Waals surface area contributed by atoms with E-state index < -0.39 is 49.8 Å². The molecular weight excluding hydrogens is 491 g/mol. The molecule has 0 unspecified atom stereocenters. The largest absolute Gasteiger partial charge is 0.805 e. The van der Waals surface area contributed by atoms with Crippen molar-refractivity contribution in [3.63, 3.8) is 0 Å². The van der Waals surface area contributed by atoms with Crippen molar-refractivity contribution in [1.29, 1.82) is 0 Å². The highest BCUT2D eigenvalue weighted by molar-refractivity contribution is 7.86. The standard InChI is InChI=1S/C16H19N2O11PS2/c1-3-26-11-7-15(31(20,21)22)13(5-9(11)17)28-30(19)29-14-6-10(18)12(27-4-2)8-16(14)32(23,24)25/h5-8H,3-4,17-18H2,1-2H3,(H-,20,21,22,23,24,25)/p+1. The Labute approximate surface area is 184 Å². The van der Waals surface area contributed by atoms with Crippen LogP contribution >= 0.6 is 8.25 Å². The highest BCUT2D eigenvalue weighted by Crippen LogP contribution is 2.42. The fraction of sp³-hybridized carbons (Fsp3) is 0.250. The van der Waals surface area contributed by atoms with E-state index in [1.54, 1.807) is 13.8 Å². The van der Waals surface area contributed by atoms with Gasteiger partial charge in [0.1, 0.15) is 21.3 Å². The molecule has 0 atom stereocenters. The van der Waals surface area contributed by atoms with E-state index in [0.29, 0.717) is 0 Å². The molecule has 2 rings (SSSR count). The molecule has 0 radical (unpaired) electrons. The van der Waals surface area contributed by atoms with E-state index in [1.807, 2.05) is 0 Å². The lowest BCUT2D eigenvalue weighted by Gasteiger charge is -2.10. The smallest absolute Gasteiger partial charge is 0.492 e. The van der Waals surface area contributed by atoms with Crippen molar-refractivity contribution < 1.29 is 49.0 Å². The molecule has 0 amide bonds. The molecule has 2 aromatic rings. The average molecular weight is 511 g/mol. The number of ether oxygens (including phenoxy) is 2. The van der Waals surface area contributed by atoms with E-state index >= 15 is 0 Å². The van der Waals surface area contributed by atoms with Crippen molar-refractivity contribution in [1.82, 2.24) is 0 Å². The summed E-state index contributed by atoms with van der Waals surface area (Å²) in [4.78, 5) is -1.66. The van der Waals surface area contributed by atoms with Crippen LogP contribution in [-0.4, -0.2) is 39.2 Å². The minimum atomic E-state index is -4.88. The van der Waals surface area contributed by atoms with Crippen molar-refractivity contribution in [2.75, 3.05) is 24.7 Å². The number of hydrogen-bond donors (Lipinski definition) is 4. The van der Waals surface area contributed by atoms with Gasteiger partial charge in [0.05, 0.1) is 24.6 Å². The lowest BCUT2D eigenvalue weighted by atomic mass is 10.3. The molecule has 0 aliphatic carbocycles. The first-order chi connectivity index (χ1) is 14.8. The van der Waals surface area contributed by atoms with Gasteiger partial charge in [-0.1, -0.05) is 0 Å². The summed E-state index contributed by atoms with van der Waals surface area (Å²) in [6.45, 7) is 3.47. The third-order valence-corrected chi connectivity index (χ3v) is 6.09. The van der Waals surface area contributed by atoms with Gasteiger partial charge in [-0.25, -0.2) is 9.05 Å². The van der Waals surface area contributed by atoms with Crippen LogP contribution in [0.4, 0.5) is 11.4 Å². The third kappa shape index (κ3) is 6.11. The Morgan fingerprint density at radius 2 is 1.09 bits per heavy atom. The van der Waals surface area contributed by atoms with Gasteiger partial charge in [-0.3, -0.25) is 9.11 Å². The predicted octanol–water partition coefficient (Wildman–Crippen LogP) is 2.26. The van der Waals surface area contributed by atoms with Crippen molar-refractivity contribution in [3.05, 3.63) is 24.3 Å². The van der Waals surface area contributed by atoms with Crippen molar-refractivity contribution in [3.8, 4) is 23.0 Å². The third-order valence-electron chi connectivity index (χ3n) is 3.65. The second-order valence-electron chi connectivity index (χ2n) is 5.90. The Kier molecular flexibility index (Phi) is 7.74. The Bertz CT molecular complexity index is 1150. The molecule has 0 saturated heterocycles. The van der Waals surface area contributed by atoms with E-state index in [4.69, 9.17) is 30.0 Å². The molecule has 6 N–H and O–H groups in total. The molecule has 0 saturated carbocycles. The fourth-order valence-electron chi connectivity index (χ4n) is 2.40. The van der Waals surface area contributed by atoms with Gasteiger partial charge in [0.15, 0.2) is 0 Å². The monoisotopic (exact) mass is 511 g/mol. The second-order valence-corrected chi connectivity index (χ2v) is 9.49. The molecule has 176 valence electrons. The van der Waals surface area contributed by atoms with Gasteiger partial charge in [-0.2, -0.15) is 16.8 Å². The van der Waals surface area contributed by atoms with E-state index in [9.17, 15) is 30.5 Å². The molecule has 0 aliphatic rings. The zero-order chi connectivity index (χ0) is 24.3. The topological polar surface area (TPSA) is 215 Å². The summed E-state index contributed by atoms with van der Waals surface area (Å²) in [6.07, 6.45) is 0. The van der Waals surface area contributed by atoms with Crippen LogP contribution in [0.3, 0.4) is 0 Å². The molecule has 32 heavy (non-hydrogen) atoms. The van der Waals surface area contributed by atoms with Crippen LogP contribution in [0.2, 0.25) is 0 Å². The zero-order valence-corrected chi connectivity index (χ0v) is 19.2. The minimum Gasteiger partial charge on any atom is -0.492 e. The summed E-state index contributed by atoms with van der Waals surface area (Å²) in [5.41, 5.74) is 11.2. The first kappa shape index (κ1) is 25.4. The van der Waals surface area contributed by atoms with Gasteiger partial charge >= 0.3 is 8.25 Å². The summed E-state index contributed by atoms with van der Waals surface area (Å²) >= 11 is 0. The highest BCUT2D eigenvalue weighted by atomic mass is 32.2. The lowest BCUT2D eigenvalue weighted by molar-refractivity contribution is 0.339. The van der Waals surface area contributed by atoms with Gasteiger partial charge in [-0.15, -0.1) is 0 Å². The Morgan fingerprint density at radius 3 is 1.38 bits per heavy atom. The number of nitrogens with two attached hydrogens (primary N) is 2. The van der Waals surface area contributed by atoms with E-state index in [2.05, 4.69) is 0 Å². The van der Waals surface area contributed by atoms with E-state index in [1.165, 1.54) is 0 Å². The van der Waals surface area contributed by atoms with Gasteiger partial charge in [0.25, 0.3) is 20.2 Å². The maximum Gasteiger partial charge on any atom is 0.805 e. The minimum absolute atomic E-state index is 0.0865. The molecule has 2 aromatic carbocycles. The van der Waals surface area contributed by atoms with Crippen LogP contribution in [0, 0.1) is 0 Å². The van der Waals surface area contributed by atoms with E-state index in [0.717, 1.165) is 24.3 Å². The van der Waals surface area contributed by atoms with Crippen LogP contribution in [0.1, 0.15) is 13.8 Å². The Morgan fingerprint density at radius 1 is 0.750 bits per heavy atom. The molecular formula is C16H20N2O11PS2+. The molecule has 0 heterocycles. The molecule has 13 nitrogen and oxygen atoms in total. The van der Waals surface area contributed by atoms with Crippen LogP contribution in [0.15, 0.2) is 34.1 Å². The lowest BCUT2D eigenvalue weighted by Crippen LogP contribution is -2.06.